The molecule has 1 saturated heterocycles. The van der Waals surface area contributed by atoms with Crippen molar-refractivity contribution in [2.24, 2.45) is 0 Å². The van der Waals surface area contributed by atoms with E-state index in [-0.39, 0.29) is 5.92 Å². The number of benzene rings is 1. The van der Waals surface area contributed by atoms with Crippen LogP contribution in [0, 0.1) is 0 Å². The van der Waals surface area contributed by atoms with Crippen molar-refractivity contribution in [1.29, 1.82) is 0 Å². The van der Waals surface area contributed by atoms with Crippen LogP contribution in [0.1, 0.15) is 31.7 Å². The highest BCUT2D eigenvalue weighted by Gasteiger charge is 2.21. The number of nitrogens with zero attached hydrogens (tertiary/aromatic N) is 1. The van der Waals surface area contributed by atoms with Gasteiger partial charge in [0.25, 0.3) is 0 Å². The van der Waals surface area contributed by atoms with Gasteiger partial charge in [-0.15, -0.1) is 0 Å². The van der Waals surface area contributed by atoms with E-state index >= 15 is 0 Å². The fourth-order valence-electron chi connectivity index (χ4n) is 2.95. The predicted molar refractivity (Wildman–Crippen MR) is 88.5 cm³/mol. The van der Waals surface area contributed by atoms with E-state index in [4.69, 9.17) is 0 Å². The molecule has 1 aliphatic rings. The van der Waals surface area contributed by atoms with E-state index in [1.165, 1.54) is 11.1 Å². The lowest BCUT2D eigenvalue weighted by molar-refractivity contribution is 0.164. The molecule has 1 heterocycles. The van der Waals surface area contributed by atoms with Gasteiger partial charge in [-0.3, -0.25) is 0 Å². The molecule has 1 aromatic carbocycles. The third-order valence-electron chi connectivity index (χ3n) is 4.11. The Morgan fingerprint density at radius 1 is 1.24 bits per heavy atom. The van der Waals surface area contributed by atoms with Gasteiger partial charge in [-0.25, -0.2) is 0 Å². The summed E-state index contributed by atoms with van der Waals surface area (Å²) in [6, 6.07) is 10.4. The molecule has 1 aliphatic heterocycles. The second-order valence-electron chi connectivity index (χ2n) is 6.13. The van der Waals surface area contributed by atoms with Crippen LogP contribution in [0.25, 0.3) is 0 Å². The number of hydrogen-bond acceptors (Lipinski definition) is 3. The van der Waals surface area contributed by atoms with Crippen LogP contribution in [-0.2, 0) is 0 Å². The first-order valence-electron chi connectivity index (χ1n) is 7.98. The van der Waals surface area contributed by atoms with Crippen molar-refractivity contribution in [1.82, 2.24) is 10.2 Å². The maximum Gasteiger partial charge on any atom is 0.0792 e. The van der Waals surface area contributed by atoms with Gasteiger partial charge in [0.2, 0.25) is 0 Å². The molecule has 2 unspecified atom stereocenters. The van der Waals surface area contributed by atoms with Gasteiger partial charge in [0.1, 0.15) is 0 Å². The molecule has 0 amide bonds. The van der Waals surface area contributed by atoms with Gasteiger partial charge >= 0.3 is 0 Å². The summed E-state index contributed by atoms with van der Waals surface area (Å²) < 4.78 is 0. The molecular weight excluding hydrogens is 260 g/mol. The summed E-state index contributed by atoms with van der Waals surface area (Å²) in [5.74, 6) is 0.177. The topological polar surface area (TPSA) is 35.5 Å². The van der Waals surface area contributed by atoms with Crippen molar-refractivity contribution in [2.45, 2.75) is 32.3 Å². The van der Waals surface area contributed by atoms with Crippen molar-refractivity contribution in [3.05, 3.63) is 47.5 Å². The first-order valence-corrected chi connectivity index (χ1v) is 7.98. The number of aliphatic hydroxyl groups is 1. The van der Waals surface area contributed by atoms with Gasteiger partial charge < -0.3 is 15.3 Å². The van der Waals surface area contributed by atoms with Gasteiger partial charge in [0, 0.05) is 32.1 Å². The molecule has 2 rings (SSSR count). The second kappa shape index (κ2) is 8.32. The van der Waals surface area contributed by atoms with E-state index in [1.54, 1.807) is 0 Å². The first kappa shape index (κ1) is 16.2. The fraction of sp³-hybridized carbons (Fsp3) is 0.556. The SMILES string of the molecule is CC(C)=CC(O)C(CCN1CCNCC1)c1ccccc1. The molecule has 1 aromatic rings. The third-order valence-corrected chi connectivity index (χ3v) is 4.11. The third kappa shape index (κ3) is 5.27. The summed E-state index contributed by atoms with van der Waals surface area (Å²) in [5.41, 5.74) is 2.41. The Bertz CT molecular complexity index is 434. The fourth-order valence-corrected chi connectivity index (χ4v) is 2.95. The molecule has 1 fully saturated rings. The molecule has 2 atom stereocenters. The molecule has 21 heavy (non-hydrogen) atoms. The minimum absolute atomic E-state index is 0.177. The molecule has 3 nitrogen and oxygen atoms in total. The Morgan fingerprint density at radius 3 is 2.52 bits per heavy atom. The minimum atomic E-state index is -0.402. The molecule has 0 aromatic heterocycles. The Kier molecular flexibility index (Phi) is 6.43. The van der Waals surface area contributed by atoms with E-state index in [0.717, 1.165) is 39.1 Å². The zero-order valence-corrected chi connectivity index (χ0v) is 13.3. The molecule has 2 N–H and O–H groups in total. The van der Waals surface area contributed by atoms with Gasteiger partial charge in [0.15, 0.2) is 0 Å². The lowest BCUT2D eigenvalue weighted by Gasteiger charge is -2.30. The van der Waals surface area contributed by atoms with Crippen molar-refractivity contribution in [3.63, 3.8) is 0 Å². The van der Waals surface area contributed by atoms with Crippen LogP contribution < -0.4 is 5.32 Å². The highest BCUT2D eigenvalue weighted by atomic mass is 16.3. The van der Waals surface area contributed by atoms with E-state index in [2.05, 4.69) is 34.5 Å². The monoisotopic (exact) mass is 288 g/mol. The summed E-state index contributed by atoms with van der Waals surface area (Å²) >= 11 is 0. The number of aliphatic hydroxyl groups excluding tert-OH is 1. The lowest BCUT2D eigenvalue weighted by Crippen LogP contribution is -2.44. The average Bonchev–Trinajstić information content (AvgIpc) is 2.49. The predicted octanol–water partition coefficient (Wildman–Crippen LogP) is 2.39. The van der Waals surface area contributed by atoms with Crippen molar-refractivity contribution in [3.8, 4) is 0 Å². The van der Waals surface area contributed by atoms with Gasteiger partial charge in [-0.1, -0.05) is 42.0 Å². The summed E-state index contributed by atoms with van der Waals surface area (Å²) in [4.78, 5) is 2.49. The Labute approximate surface area is 128 Å². The average molecular weight is 288 g/mol. The normalized spacial score (nSPS) is 19.0. The van der Waals surface area contributed by atoms with Gasteiger partial charge in [-0.05, 0) is 32.4 Å². The first-order chi connectivity index (χ1) is 10.2. The number of allylic oxidation sites excluding steroid dienone is 1. The number of nitrogens with one attached hydrogen (secondary N) is 1. The highest BCUT2D eigenvalue weighted by Crippen LogP contribution is 2.25. The highest BCUT2D eigenvalue weighted by molar-refractivity contribution is 5.23. The van der Waals surface area contributed by atoms with E-state index in [1.807, 2.05) is 26.0 Å². The summed E-state index contributed by atoms with van der Waals surface area (Å²) in [6.07, 6.45) is 2.57. The van der Waals surface area contributed by atoms with Crippen LogP contribution >= 0.6 is 0 Å². The van der Waals surface area contributed by atoms with Crippen LogP contribution in [-0.4, -0.2) is 48.8 Å². The van der Waals surface area contributed by atoms with Gasteiger partial charge in [0.05, 0.1) is 6.10 Å². The van der Waals surface area contributed by atoms with Crippen LogP contribution in [0.4, 0.5) is 0 Å². The molecular formula is C18H28N2O. The van der Waals surface area contributed by atoms with Crippen molar-refractivity contribution >= 4 is 0 Å². The largest absolute Gasteiger partial charge is 0.388 e. The van der Waals surface area contributed by atoms with E-state index in [0.29, 0.717) is 0 Å². The molecule has 116 valence electrons. The maximum atomic E-state index is 10.6. The zero-order valence-electron chi connectivity index (χ0n) is 13.3. The molecule has 0 saturated carbocycles. The smallest absolute Gasteiger partial charge is 0.0792 e. The van der Waals surface area contributed by atoms with Crippen molar-refractivity contribution in [2.75, 3.05) is 32.7 Å². The molecule has 3 heteroatoms. The van der Waals surface area contributed by atoms with Crippen LogP contribution in [0.2, 0.25) is 0 Å². The summed E-state index contributed by atoms with van der Waals surface area (Å²) in [6.45, 7) is 9.51. The maximum absolute atomic E-state index is 10.6. The second-order valence-corrected chi connectivity index (χ2v) is 6.13. The lowest BCUT2D eigenvalue weighted by atomic mass is 9.89. The van der Waals surface area contributed by atoms with Crippen molar-refractivity contribution < 1.29 is 5.11 Å². The minimum Gasteiger partial charge on any atom is -0.388 e. The number of piperazine rings is 1. The number of rotatable bonds is 6. The Balaban J connectivity index is 2.03. The molecule has 0 radical (unpaired) electrons. The number of hydrogen-bond donors (Lipinski definition) is 2. The Morgan fingerprint density at radius 2 is 1.90 bits per heavy atom. The van der Waals surface area contributed by atoms with Crippen LogP contribution in [0.5, 0.6) is 0 Å². The summed E-state index contributed by atoms with van der Waals surface area (Å²) in [5, 5.41) is 13.9. The Hall–Kier alpha value is -1.16. The molecule has 0 spiro atoms. The van der Waals surface area contributed by atoms with Crippen LogP contribution in [0.15, 0.2) is 42.0 Å². The zero-order chi connectivity index (χ0) is 15.1. The van der Waals surface area contributed by atoms with E-state index in [9.17, 15) is 5.11 Å². The van der Waals surface area contributed by atoms with Gasteiger partial charge in [-0.2, -0.15) is 0 Å². The van der Waals surface area contributed by atoms with E-state index < -0.39 is 6.10 Å². The summed E-state index contributed by atoms with van der Waals surface area (Å²) in [7, 11) is 0. The van der Waals surface area contributed by atoms with Crippen LogP contribution in [0.3, 0.4) is 0 Å². The quantitative estimate of drug-likeness (QED) is 0.789. The molecule has 0 aliphatic carbocycles. The molecule has 0 bridgehead atoms. The standard InChI is InChI=1S/C18H28N2O/c1-15(2)14-18(21)17(16-6-4-3-5-7-16)8-11-20-12-9-19-10-13-20/h3-7,14,17-19,21H,8-13H2,1-2H3.